The first-order valence-electron chi connectivity index (χ1n) is 9.03. The maximum atomic E-state index is 12.2. The molecule has 0 bridgehead atoms. The number of carboxylic acids is 1. The zero-order valence-electron chi connectivity index (χ0n) is 15.1. The lowest BCUT2D eigenvalue weighted by Gasteiger charge is -2.48. The second-order valence-corrected chi connectivity index (χ2v) is 8.30. The molecule has 6 nitrogen and oxygen atoms in total. The van der Waals surface area contributed by atoms with Crippen LogP contribution < -0.4 is 0 Å². The average molecular weight is 341 g/mol. The van der Waals surface area contributed by atoms with Crippen molar-refractivity contribution in [2.45, 2.75) is 83.3 Å². The molecule has 24 heavy (non-hydrogen) atoms. The number of carboxylic acid groups (broad SMARTS) is 1. The van der Waals surface area contributed by atoms with Gasteiger partial charge in [0.25, 0.3) is 0 Å². The fourth-order valence-corrected chi connectivity index (χ4v) is 4.07. The Morgan fingerprint density at radius 2 is 1.46 bits per heavy atom. The van der Waals surface area contributed by atoms with Crippen LogP contribution in [0.1, 0.15) is 72.1 Å². The van der Waals surface area contributed by atoms with E-state index in [1.807, 2.05) is 20.8 Å². The Balaban J connectivity index is 2.09. The van der Waals surface area contributed by atoms with Gasteiger partial charge in [-0.05, 0) is 46.5 Å². The molecule has 1 aliphatic carbocycles. The number of carbonyl (C=O) groups is 2. The summed E-state index contributed by atoms with van der Waals surface area (Å²) in [6, 6.07) is 0. The zero-order valence-corrected chi connectivity index (χ0v) is 15.1. The standard InChI is InChI=1S/C18H31NO5/c1-16(2,3)24-15(22)19-12-10-18(23,11-13-19)17(14(20)21)8-6-4-5-7-9-17/h23H,4-13H2,1-3H3,(H,20,21). The zero-order chi connectivity index (χ0) is 18.0. The smallest absolute Gasteiger partial charge is 0.410 e. The Morgan fingerprint density at radius 3 is 1.88 bits per heavy atom. The minimum absolute atomic E-state index is 0.290. The Hall–Kier alpha value is -1.30. The third-order valence-corrected chi connectivity index (χ3v) is 5.50. The van der Waals surface area contributed by atoms with Crippen molar-refractivity contribution in [2.75, 3.05) is 13.1 Å². The predicted octanol–water partition coefficient (Wildman–Crippen LogP) is 3.17. The van der Waals surface area contributed by atoms with Crippen LogP contribution in [0.4, 0.5) is 4.79 Å². The van der Waals surface area contributed by atoms with Crippen molar-refractivity contribution in [3.05, 3.63) is 0 Å². The molecule has 0 atom stereocenters. The molecule has 0 spiro atoms. The minimum atomic E-state index is -1.25. The largest absolute Gasteiger partial charge is 0.481 e. The molecule has 1 saturated heterocycles. The summed E-state index contributed by atoms with van der Waals surface area (Å²) in [5.41, 5.74) is -2.89. The number of rotatable bonds is 2. The molecule has 1 amide bonds. The van der Waals surface area contributed by atoms with Crippen molar-refractivity contribution in [1.82, 2.24) is 4.90 Å². The Kier molecular flexibility index (Phi) is 5.47. The van der Waals surface area contributed by atoms with Crippen molar-refractivity contribution in [3.8, 4) is 0 Å². The molecule has 0 aromatic carbocycles. The van der Waals surface area contributed by atoms with Crippen LogP contribution in [0.2, 0.25) is 0 Å². The second-order valence-electron chi connectivity index (χ2n) is 8.30. The summed E-state index contributed by atoms with van der Waals surface area (Å²) in [4.78, 5) is 25.8. The summed E-state index contributed by atoms with van der Waals surface area (Å²) in [5.74, 6) is -0.891. The highest BCUT2D eigenvalue weighted by atomic mass is 16.6. The number of nitrogens with zero attached hydrogens (tertiary/aromatic N) is 1. The first-order chi connectivity index (χ1) is 11.1. The first-order valence-corrected chi connectivity index (χ1v) is 9.03. The van der Waals surface area contributed by atoms with Crippen molar-refractivity contribution in [3.63, 3.8) is 0 Å². The van der Waals surface area contributed by atoms with Crippen LogP contribution in [0.3, 0.4) is 0 Å². The summed E-state index contributed by atoms with van der Waals surface area (Å²) in [5, 5.41) is 21.1. The lowest BCUT2D eigenvalue weighted by molar-refractivity contribution is -0.179. The van der Waals surface area contributed by atoms with Crippen LogP contribution in [0, 0.1) is 5.41 Å². The molecule has 6 heteroatoms. The molecule has 2 fully saturated rings. The lowest BCUT2D eigenvalue weighted by Crippen LogP contribution is -2.59. The number of hydrogen-bond acceptors (Lipinski definition) is 4. The van der Waals surface area contributed by atoms with Gasteiger partial charge in [0.2, 0.25) is 0 Å². The van der Waals surface area contributed by atoms with E-state index in [9.17, 15) is 19.8 Å². The van der Waals surface area contributed by atoms with Gasteiger partial charge < -0.3 is 19.8 Å². The third kappa shape index (κ3) is 3.85. The van der Waals surface area contributed by atoms with Gasteiger partial charge in [-0.15, -0.1) is 0 Å². The summed E-state index contributed by atoms with van der Waals surface area (Å²) in [6.07, 6.45) is 4.95. The highest BCUT2D eigenvalue weighted by Crippen LogP contribution is 2.48. The molecule has 1 saturated carbocycles. The van der Waals surface area contributed by atoms with E-state index in [2.05, 4.69) is 0 Å². The minimum Gasteiger partial charge on any atom is -0.481 e. The van der Waals surface area contributed by atoms with Crippen molar-refractivity contribution in [2.24, 2.45) is 5.41 Å². The Morgan fingerprint density at radius 1 is 0.958 bits per heavy atom. The number of amides is 1. The maximum absolute atomic E-state index is 12.2. The number of aliphatic carboxylic acids is 1. The van der Waals surface area contributed by atoms with Crippen molar-refractivity contribution >= 4 is 12.1 Å². The average Bonchev–Trinajstić information content (AvgIpc) is 2.73. The molecule has 2 aliphatic rings. The van der Waals surface area contributed by atoms with Crippen LogP contribution in [0.15, 0.2) is 0 Å². The van der Waals surface area contributed by atoms with Gasteiger partial charge in [0.05, 0.1) is 11.0 Å². The van der Waals surface area contributed by atoms with Crippen LogP contribution in [0.5, 0.6) is 0 Å². The SMILES string of the molecule is CC(C)(C)OC(=O)N1CCC(O)(C2(C(=O)O)CCCCCC2)CC1. The number of carbonyl (C=O) groups excluding carboxylic acids is 1. The van der Waals surface area contributed by atoms with E-state index in [0.29, 0.717) is 38.8 Å². The van der Waals surface area contributed by atoms with E-state index < -0.39 is 28.7 Å². The fraction of sp³-hybridized carbons (Fsp3) is 0.889. The summed E-state index contributed by atoms with van der Waals surface area (Å²) in [7, 11) is 0. The van der Waals surface area contributed by atoms with Crippen molar-refractivity contribution in [1.29, 1.82) is 0 Å². The van der Waals surface area contributed by atoms with E-state index in [4.69, 9.17) is 4.74 Å². The Bertz CT molecular complexity index is 466. The van der Waals surface area contributed by atoms with Gasteiger partial charge in [-0.2, -0.15) is 0 Å². The van der Waals surface area contributed by atoms with E-state index in [1.54, 1.807) is 4.90 Å². The summed E-state index contributed by atoms with van der Waals surface area (Å²) >= 11 is 0. The lowest BCUT2D eigenvalue weighted by atomic mass is 9.63. The number of piperidine rings is 1. The molecule has 1 aliphatic heterocycles. The molecule has 0 radical (unpaired) electrons. The number of likely N-dealkylation sites (tertiary alicyclic amines) is 1. The number of ether oxygens (including phenoxy) is 1. The summed E-state index contributed by atoms with van der Waals surface area (Å²) in [6.45, 7) is 6.11. The molecule has 0 aromatic heterocycles. The van der Waals surface area contributed by atoms with Gasteiger partial charge in [0.15, 0.2) is 0 Å². The molecule has 0 aromatic rings. The van der Waals surface area contributed by atoms with Gasteiger partial charge in [-0.1, -0.05) is 25.7 Å². The number of hydrogen-bond donors (Lipinski definition) is 2. The maximum Gasteiger partial charge on any atom is 0.410 e. The third-order valence-electron chi connectivity index (χ3n) is 5.50. The molecule has 1 heterocycles. The van der Waals surface area contributed by atoms with Gasteiger partial charge in [0.1, 0.15) is 5.60 Å². The Labute approximate surface area is 144 Å². The van der Waals surface area contributed by atoms with Crippen LogP contribution >= 0.6 is 0 Å². The molecule has 2 N–H and O–H groups in total. The van der Waals surface area contributed by atoms with Gasteiger partial charge in [-0.3, -0.25) is 4.79 Å². The summed E-state index contributed by atoms with van der Waals surface area (Å²) < 4.78 is 5.37. The first kappa shape index (κ1) is 19.0. The highest BCUT2D eigenvalue weighted by molar-refractivity contribution is 5.76. The highest BCUT2D eigenvalue weighted by Gasteiger charge is 2.56. The second kappa shape index (κ2) is 6.90. The monoisotopic (exact) mass is 341 g/mol. The molecule has 0 unspecified atom stereocenters. The molecular formula is C18H31NO5. The number of aliphatic hydroxyl groups is 1. The van der Waals surface area contributed by atoms with Crippen LogP contribution in [0.25, 0.3) is 0 Å². The van der Waals surface area contributed by atoms with E-state index in [-0.39, 0.29) is 0 Å². The van der Waals surface area contributed by atoms with Crippen molar-refractivity contribution < 1.29 is 24.5 Å². The normalized spacial score (nSPS) is 24.1. The van der Waals surface area contributed by atoms with Gasteiger partial charge in [0, 0.05) is 13.1 Å². The van der Waals surface area contributed by atoms with Gasteiger partial charge in [-0.25, -0.2) is 4.79 Å². The van der Waals surface area contributed by atoms with Crippen LogP contribution in [-0.4, -0.2) is 51.5 Å². The van der Waals surface area contributed by atoms with E-state index in [0.717, 1.165) is 25.7 Å². The quantitative estimate of drug-likeness (QED) is 0.753. The van der Waals surface area contributed by atoms with E-state index in [1.165, 1.54) is 0 Å². The molecule has 2 rings (SSSR count). The fourth-order valence-electron chi connectivity index (χ4n) is 4.07. The molecular weight excluding hydrogens is 310 g/mol. The predicted molar refractivity (Wildman–Crippen MR) is 89.8 cm³/mol. The van der Waals surface area contributed by atoms with Gasteiger partial charge >= 0.3 is 12.1 Å². The van der Waals surface area contributed by atoms with Crippen LogP contribution in [-0.2, 0) is 9.53 Å². The molecule has 138 valence electrons. The van der Waals surface area contributed by atoms with E-state index >= 15 is 0 Å². The topological polar surface area (TPSA) is 87.1 Å².